The zero-order valence-electron chi connectivity index (χ0n) is 14.7. The SMILES string of the molecule is O=C1CC2(CCCN(C(=O)c3c[nH]c(=O)c(Cl)c3)CC2)Oc2ccccc21. The van der Waals surface area contributed by atoms with E-state index >= 15 is 0 Å². The number of H-pyrrole nitrogens is 1. The molecular formula is C20H19ClN2O4. The Kier molecular flexibility index (Phi) is 4.52. The number of aromatic nitrogens is 1. The Hall–Kier alpha value is -2.60. The lowest BCUT2D eigenvalue weighted by molar-refractivity contribution is 0.0300. The van der Waals surface area contributed by atoms with Gasteiger partial charge in [0.05, 0.1) is 17.5 Å². The number of hydrogen-bond donors (Lipinski definition) is 1. The first-order valence-electron chi connectivity index (χ1n) is 8.96. The minimum absolute atomic E-state index is 0.00930. The lowest BCUT2D eigenvalue weighted by atomic mass is 9.84. The summed E-state index contributed by atoms with van der Waals surface area (Å²) in [6.07, 6.45) is 3.74. The van der Waals surface area contributed by atoms with Crippen molar-refractivity contribution in [2.45, 2.75) is 31.3 Å². The lowest BCUT2D eigenvalue weighted by Gasteiger charge is -2.37. The molecule has 2 aliphatic heterocycles. The van der Waals surface area contributed by atoms with E-state index in [0.29, 0.717) is 49.2 Å². The summed E-state index contributed by atoms with van der Waals surface area (Å²) in [6.45, 7) is 1.04. The first-order chi connectivity index (χ1) is 13.0. The number of nitrogens with zero attached hydrogens (tertiary/aromatic N) is 1. The first kappa shape index (κ1) is 17.8. The molecule has 0 saturated carbocycles. The van der Waals surface area contributed by atoms with Crippen molar-refractivity contribution in [3.63, 3.8) is 0 Å². The number of nitrogens with one attached hydrogen (secondary N) is 1. The highest BCUT2D eigenvalue weighted by Crippen LogP contribution is 2.39. The minimum atomic E-state index is -0.566. The molecule has 1 amide bonds. The quantitative estimate of drug-likeness (QED) is 0.816. The fraction of sp³-hybridized carbons (Fsp3) is 0.350. The summed E-state index contributed by atoms with van der Waals surface area (Å²) in [7, 11) is 0. The van der Waals surface area contributed by atoms with E-state index in [1.165, 1.54) is 12.3 Å². The Bertz CT molecular complexity index is 970. The largest absolute Gasteiger partial charge is 0.486 e. The number of Topliss-reactive ketones (excluding diaryl/α,β-unsaturated/α-hetero) is 1. The third kappa shape index (κ3) is 3.37. The van der Waals surface area contributed by atoms with Gasteiger partial charge in [-0.25, -0.2) is 0 Å². The van der Waals surface area contributed by atoms with Crippen molar-refractivity contribution < 1.29 is 14.3 Å². The summed E-state index contributed by atoms with van der Waals surface area (Å²) >= 11 is 5.84. The zero-order chi connectivity index (χ0) is 19.0. The number of ether oxygens (including phenoxy) is 1. The summed E-state index contributed by atoms with van der Waals surface area (Å²) in [5.74, 6) is 0.526. The molecule has 0 radical (unpaired) electrons. The Morgan fingerprint density at radius 2 is 2.00 bits per heavy atom. The van der Waals surface area contributed by atoms with E-state index in [-0.39, 0.29) is 16.7 Å². The number of carbonyl (C=O) groups excluding carboxylic acids is 2. The predicted octanol–water partition coefficient (Wildman–Crippen LogP) is 3.06. The standard InChI is InChI=1S/C20H19ClN2O4/c21-15-10-13(12-22-18(15)25)19(26)23-8-3-6-20(7-9-23)11-16(24)14-4-1-2-5-17(14)27-20/h1-2,4-5,10,12H,3,6-9,11H2,(H,22,25). The number of benzene rings is 1. The van der Waals surface area contributed by atoms with E-state index in [0.717, 1.165) is 6.42 Å². The molecule has 1 aromatic carbocycles. The van der Waals surface area contributed by atoms with Gasteiger partial charge in [0.15, 0.2) is 5.78 Å². The molecule has 2 aliphatic rings. The van der Waals surface area contributed by atoms with Crippen molar-refractivity contribution in [1.29, 1.82) is 0 Å². The number of halogens is 1. The average molecular weight is 387 g/mol. The topological polar surface area (TPSA) is 79.5 Å². The number of aromatic amines is 1. The number of ketones is 1. The van der Waals surface area contributed by atoms with Crippen LogP contribution >= 0.6 is 11.6 Å². The fourth-order valence-electron chi connectivity index (χ4n) is 3.85. The monoisotopic (exact) mass is 386 g/mol. The highest BCUT2D eigenvalue weighted by atomic mass is 35.5. The van der Waals surface area contributed by atoms with E-state index in [4.69, 9.17) is 16.3 Å². The molecule has 1 unspecified atom stereocenters. The van der Waals surface area contributed by atoms with Gasteiger partial charge in [-0.3, -0.25) is 14.4 Å². The number of hydrogen-bond acceptors (Lipinski definition) is 4. The Morgan fingerprint density at radius 1 is 1.19 bits per heavy atom. The smallest absolute Gasteiger partial charge is 0.266 e. The lowest BCUT2D eigenvalue weighted by Crippen LogP contribution is -2.43. The molecule has 7 heteroatoms. The van der Waals surface area contributed by atoms with Crippen LogP contribution in [0.25, 0.3) is 0 Å². The molecule has 6 nitrogen and oxygen atoms in total. The van der Waals surface area contributed by atoms with Gasteiger partial charge in [0.2, 0.25) is 0 Å². The third-order valence-electron chi connectivity index (χ3n) is 5.29. The van der Waals surface area contributed by atoms with E-state index in [9.17, 15) is 14.4 Å². The Morgan fingerprint density at radius 3 is 2.81 bits per heavy atom. The summed E-state index contributed by atoms with van der Waals surface area (Å²) in [6, 6.07) is 8.69. The number of pyridine rings is 1. The van der Waals surface area contributed by atoms with Crippen molar-refractivity contribution in [2.75, 3.05) is 13.1 Å². The van der Waals surface area contributed by atoms with Crippen LogP contribution in [0.3, 0.4) is 0 Å². The van der Waals surface area contributed by atoms with Crippen LogP contribution in [-0.2, 0) is 0 Å². The normalized spacial score (nSPS) is 22.1. The van der Waals surface area contributed by atoms with Crippen LogP contribution in [0, 0.1) is 0 Å². The molecular weight excluding hydrogens is 368 g/mol. The van der Waals surface area contributed by atoms with Gasteiger partial charge < -0.3 is 14.6 Å². The summed E-state index contributed by atoms with van der Waals surface area (Å²) in [4.78, 5) is 41.0. The van der Waals surface area contributed by atoms with Crippen LogP contribution in [0.5, 0.6) is 5.75 Å². The molecule has 0 aliphatic carbocycles. The van der Waals surface area contributed by atoms with Crippen molar-refractivity contribution >= 4 is 23.3 Å². The molecule has 1 saturated heterocycles. The summed E-state index contributed by atoms with van der Waals surface area (Å²) in [5.41, 5.74) is -0.0103. The molecule has 0 bridgehead atoms. The maximum absolute atomic E-state index is 12.8. The molecule has 4 rings (SSSR count). The molecule has 1 spiro atoms. The van der Waals surface area contributed by atoms with Crippen LogP contribution in [-0.4, -0.2) is 40.3 Å². The van der Waals surface area contributed by atoms with E-state index in [2.05, 4.69) is 4.98 Å². The number of carbonyl (C=O) groups is 2. The molecule has 27 heavy (non-hydrogen) atoms. The van der Waals surface area contributed by atoms with E-state index < -0.39 is 11.2 Å². The van der Waals surface area contributed by atoms with E-state index in [1.807, 2.05) is 18.2 Å². The highest BCUT2D eigenvalue weighted by Gasteiger charge is 2.42. The number of rotatable bonds is 1. The van der Waals surface area contributed by atoms with Crippen molar-refractivity contribution in [2.24, 2.45) is 0 Å². The van der Waals surface area contributed by atoms with Gasteiger partial charge in [0.25, 0.3) is 11.5 Å². The number of para-hydroxylation sites is 1. The average Bonchev–Trinajstić information content (AvgIpc) is 2.86. The second-order valence-corrected chi connectivity index (χ2v) is 7.50. The van der Waals surface area contributed by atoms with Gasteiger partial charge in [0, 0.05) is 25.7 Å². The molecule has 3 heterocycles. The molecule has 1 N–H and O–H groups in total. The third-order valence-corrected chi connectivity index (χ3v) is 5.57. The van der Waals surface area contributed by atoms with Gasteiger partial charge in [-0.1, -0.05) is 23.7 Å². The molecule has 2 aromatic rings. The van der Waals surface area contributed by atoms with Gasteiger partial charge in [-0.05, 0) is 31.0 Å². The molecule has 1 aromatic heterocycles. The van der Waals surface area contributed by atoms with Gasteiger partial charge in [-0.2, -0.15) is 0 Å². The molecule has 1 fully saturated rings. The van der Waals surface area contributed by atoms with Gasteiger partial charge in [-0.15, -0.1) is 0 Å². The van der Waals surface area contributed by atoms with Crippen LogP contribution in [0.15, 0.2) is 41.3 Å². The number of amides is 1. The number of fused-ring (bicyclic) bond motifs is 1. The van der Waals surface area contributed by atoms with Crippen molar-refractivity contribution in [1.82, 2.24) is 9.88 Å². The highest BCUT2D eigenvalue weighted by molar-refractivity contribution is 6.30. The van der Waals surface area contributed by atoms with Gasteiger partial charge in [0.1, 0.15) is 16.4 Å². The predicted molar refractivity (Wildman–Crippen MR) is 101 cm³/mol. The fourth-order valence-corrected chi connectivity index (χ4v) is 4.03. The second kappa shape index (κ2) is 6.85. The zero-order valence-corrected chi connectivity index (χ0v) is 15.4. The summed E-state index contributed by atoms with van der Waals surface area (Å²) < 4.78 is 6.25. The Labute approximate surface area is 161 Å². The van der Waals surface area contributed by atoms with Crippen LogP contribution < -0.4 is 10.3 Å². The molecule has 1 atom stereocenters. The summed E-state index contributed by atoms with van der Waals surface area (Å²) in [5, 5.41) is -0.00930. The van der Waals surface area contributed by atoms with Crippen LogP contribution in [0.4, 0.5) is 0 Å². The second-order valence-electron chi connectivity index (χ2n) is 7.09. The van der Waals surface area contributed by atoms with Gasteiger partial charge >= 0.3 is 0 Å². The first-order valence-corrected chi connectivity index (χ1v) is 9.34. The van der Waals surface area contributed by atoms with Crippen molar-refractivity contribution in [3.8, 4) is 5.75 Å². The van der Waals surface area contributed by atoms with E-state index in [1.54, 1.807) is 11.0 Å². The maximum atomic E-state index is 12.8. The molecule has 140 valence electrons. The maximum Gasteiger partial charge on any atom is 0.266 e. The Balaban J connectivity index is 1.53. The minimum Gasteiger partial charge on any atom is -0.486 e. The van der Waals surface area contributed by atoms with Crippen LogP contribution in [0.2, 0.25) is 5.02 Å². The number of likely N-dealkylation sites (tertiary alicyclic amines) is 1. The van der Waals surface area contributed by atoms with Crippen molar-refractivity contribution in [3.05, 3.63) is 63.0 Å². The van der Waals surface area contributed by atoms with Crippen LogP contribution in [0.1, 0.15) is 46.4 Å².